The second-order valence-corrected chi connectivity index (χ2v) is 5.57. The van der Waals surface area contributed by atoms with Gasteiger partial charge in [-0.3, -0.25) is 14.6 Å². The Morgan fingerprint density at radius 2 is 1.92 bits per heavy atom. The number of hydrogen-bond acceptors (Lipinski definition) is 4. The molecule has 2 rings (SSSR count). The van der Waals surface area contributed by atoms with Crippen molar-refractivity contribution in [1.82, 2.24) is 15.6 Å². The van der Waals surface area contributed by atoms with E-state index in [4.69, 9.17) is 0 Å². The lowest BCUT2D eigenvalue weighted by Crippen LogP contribution is -2.33. The van der Waals surface area contributed by atoms with Crippen LogP contribution in [-0.4, -0.2) is 30.4 Å². The van der Waals surface area contributed by atoms with Crippen molar-refractivity contribution in [2.45, 2.75) is 13.5 Å². The van der Waals surface area contributed by atoms with Crippen LogP contribution in [0.25, 0.3) is 0 Å². The number of anilines is 1. The maximum atomic E-state index is 12.0. The van der Waals surface area contributed by atoms with Gasteiger partial charge in [0.05, 0.1) is 5.56 Å². The van der Waals surface area contributed by atoms with Crippen molar-refractivity contribution in [2.75, 3.05) is 18.9 Å². The van der Waals surface area contributed by atoms with Crippen molar-refractivity contribution < 1.29 is 9.59 Å². The zero-order valence-electron chi connectivity index (χ0n) is 13.9. The lowest BCUT2D eigenvalue weighted by Gasteiger charge is -2.12. The minimum absolute atomic E-state index is 0.0123. The summed E-state index contributed by atoms with van der Waals surface area (Å²) in [7, 11) is 1.82. The summed E-state index contributed by atoms with van der Waals surface area (Å²) in [4.78, 5) is 27.8. The molecule has 0 aliphatic rings. The van der Waals surface area contributed by atoms with Crippen molar-refractivity contribution in [3.05, 3.63) is 59.9 Å². The summed E-state index contributed by atoms with van der Waals surface area (Å²) in [5.74, 6) is -0.267. The van der Waals surface area contributed by atoms with Crippen LogP contribution in [0.1, 0.15) is 22.8 Å². The van der Waals surface area contributed by atoms with Crippen LogP contribution >= 0.6 is 0 Å². The molecule has 3 N–H and O–H groups in total. The molecule has 0 saturated carbocycles. The molecule has 0 aliphatic heterocycles. The number of rotatable bonds is 7. The lowest BCUT2D eigenvalue weighted by atomic mass is 10.1. The predicted molar refractivity (Wildman–Crippen MR) is 93.6 cm³/mol. The quantitative estimate of drug-likeness (QED) is 0.724. The number of nitrogens with one attached hydrogen (secondary N) is 3. The van der Waals surface area contributed by atoms with Gasteiger partial charge in [-0.2, -0.15) is 0 Å². The van der Waals surface area contributed by atoms with Crippen LogP contribution in [0.4, 0.5) is 5.69 Å². The molecular weight excluding hydrogens is 304 g/mol. The highest BCUT2D eigenvalue weighted by molar-refractivity contribution is 6.03. The SMILES string of the molecule is CNCC(C)C(=O)NCc1ccc(NC(=O)c2cccnc2)cc1. The largest absolute Gasteiger partial charge is 0.352 e. The van der Waals surface area contributed by atoms with Crippen LogP contribution in [0.2, 0.25) is 0 Å². The molecule has 24 heavy (non-hydrogen) atoms. The number of amides is 2. The maximum absolute atomic E-state index is 12.0. The molecule has 0 bridgehead atoms. The van der Waals surface area contributed by atoms with Crippen LogP contribution < -0.4 is 16.0 Å². The standard InChI is InChI=1S/C18H22N4O2/c1-13(10-19-2)17(23)21-11-14-5-7-16(8-6-14)22-18(24)15-4-3-9-20-12-15/h3-9,12-13,19H,10-11H2,1-2H3,(H,21,23)(H,22,24). The van der Waals surface area contributed by atoms with Gasteiger partial charge in [0.25, 0.3) is 5.91 Å². The summed E-state index contributed by atoms with van der Waals surface area (Å²) >= 11 is 0. The Hall–Kier alpha value is -2.73. The van der Waals surface area contributed by atoms with Crippen LogP contribution in [0.15, 0.2) is 48.8 Å². The minimum Gasteiger partial charge on any atom is -0.352 e. The van der Waals surface area contributed by atoms with Crippen LogP contribution in [0.5, 0.6) is 0 Å². The average Bonchev–Trinajstić information content (AvgIpc) is 2.61. The molecule has 0 saturated heterocycles. The van der Waals surface area contributed by atoms with Gasteiger partial charge in [-0.15, -0.1) is 0 Å². The van der Waals surface area contributed by atoms with Gasteiger partial charge < -0.3 is 16.0 Å². The molecule has 0 fully saturated rings. The summed E-state index contributed by atoms with van der Waals surface area (Å²) in [5, 5.41) is 8.69. The fourth-order valence-electron chi connectivity index (χ4n) is 2.17. The van der Waals surface area contributed by atoms with Crippen molar-refractivity contribution in [1.29, 1.82) is 0 Å². The minimum atomic E-state index is -0.204. The average molecular weight is 326 g/mol. The Labute approximate surface area is 141 Å². The molecule has 1 aromatic carbocycles. The van der Waals surface area contributed by atoms with Gasteiger partial charge in [-0.05, 0) is 36.9 Å². The zero-order chi connectivity index (χ0) is 17.4. The lowest BCUT2D eigenvalue weighted by molar-refractivity contribution is -0.124. The number of carbonyl (C=O) groups excluding carboxylic acids is 2. The third-order valence-corrected chi connectivity index (χ3v) is 3.56. The fourth-order valence-corrected chi connectivity index (χ4v) is 2.17. The van der Waals surface area contributed by atoms with Gasteiger partial charge in [0, 0.05) is 37.1 Å². The summed E-state index contributed by atoms with van der Waals surface area (Å²) < 4.78 is 0. The van der Waals surface area contributed by atoms with Gasteiger partial charge in [0.15, 0.2) is 0 Å². The van der Waals surface area contributed by atoms with Gasteiger partial charge in [-0.25, -0.2) is 0 Å². The molecule has 2 amide bonds. The first-order chi connectivity index (χ1) is 11.6. The van der Waals surface area contributed by atoms with Crippen LogP contribution in [-0.2, 0) is 11.3 Å². The number of carbonyl (C=O) groups is 2. The summed E-state index contributed by atoms with van der Waals surface area (Å²) in [6.07, 6.45) is 3.14. The molecule has 0 spiro atoms. The van der Waals surface area contributed by atoms with Crippen molar-refractivity contribution in [3.8, 4) is 0 Å². The monoisotopic (exact) mass is 326 g/mol. The van der Waals surface area contributed by atoms with E-state index in [1.165, 1.54) is 6.20 Å². The third-order valence-electron chi connectivity index (χ3n) is 3.56. The highest BCUT2D eigenvalue weighted by atomic mass is 16.2. The topological polar surface area (TPSA) is 83.1 Å². The van der Waals surface area contributed by atoms with Crippen molar-refractivity contribution >= 4 is 17.5 Å². The summed E-state index contributed by atoms with van der Waals surface area (Å²) in [5.41, 5.74) is 2.18. The van der Waals surface area contributed by atoms with Gasteiger partial charge >= 0.3 is 0 Å². The van der Waals surface area contributed by atoms with Crippen LogP contribution in [0.3, 0.4) is 0 Å². The second kappa shape index (κ2) is 8.79. The number of pyridine rings is 1. The van der Waals surface area contributed by atoms with E-state index in [9.17, 15) is 9.59 Å². The summed E-state index contributed by atoms with van der Waals surface area (Å²) in [6.45, 7) is 2.98. The van der Waals surface area contributed by atoms with Gasteiger partial charge in [0.1, 0.15) is 0 Å². The van der Waals surface area contributed by atoms with E-state index >= 15 is 0 Å². The van der Waals surface area contributed by atoms with Crippen LogP contribution in [0, 0.1) is 5.92 Å². The highest BCUT2D eigenvalue weighted by Gasteiger charge is 2.11. The summed E-state index contributed by atoms with van der Waals surface area (Å²) in [6, 6.07) is 10.8. The van der Waals surface area contributed by atoms with E-state index in [2.05, 4.69) is 20.9 Å². The normalized spacial score (nSPS) is 11.6. The van der Waals surface area contributed by atoms with E-state index in [-0.39, 0.29) is 17.7 Å². The maximum Gasteiger partial charge on any atom is 0.257 e. The molecule has 2 aromatic rings. The molecule has 1 unspecified atom stereocenters. The smallest absolute Gasteiger partial charge is 0.257 e. The molecular formula is C18H22N4O2. The van der Waals surface area contributed by atoms with Crippen molar-refractivity contribution in [2.24, 2.45) is 5.92 Å². The molecule has 0 aliphatic carbocycles. The Balaban J connectivity index is 1.87. The fraction of sp³-hybridized carbons (Fsp3) is 0.278. The Morgan fingerprint density at radius 1 is 1.17 bits per heavy atom. The third kappa shape index (κ3) is 5.17. The highest BCUT2D eigenvalue weighted by Crippen LogP contribution is 2.11. The number of hydrogen-bond donors (Lipinski definition) is 3. The first-order valence-corrected chi connectivity index (χ1v) is 7.82. The molecule has 6 heteroatoms. The molecule has 6 nitrogen and oxygen atoms in total. The predicted octanol–water partition coefficient (Wildman–Crippen LogP) is 1.81. The first-order valence-electron chi connectivity index (χ1n) is 7.82. The van der Waals surface area contributed by atoms with Crippen molar-refractivity contribution in [3.63, 3.8) is 0 Å². The Morgan fingerprint density at radius 3 is 2.54 bits per heavy atom. The number of aromatic nitrogens is 1. The first kappa shape index (κ1) is 17.6. The molecule has 1 heterocycles. The van der Waals surface area contributed by atoms with E-state index in [0.717, 1.165) is 5.56 Å². The Kier molecular flexibility index (Phi) is 6.45. The second-order valence-electron chi connectivity index (χ2n) is 5.57. The number of benzene rings is 1. The molecule has 1 atom stereocenters. The zero-order valence-corrected chi connectivity index (χ0v) is 13.9. The molecule has 1 aromatic heterocycles. The Bertz CT molecular complexity index is 671. The van der Waals surface area contributed by atoms with E-state index in [1.54, 1.807) is 18.3 Å². The van der Waals surface area contributed by atoms with E-state index in [1.807, 2.05) is 38.2 Å². The van der Waals surface area contributed by atoms with E-state index < -0.39 is 0 Å². The molecule has 0 radical (unpaired) electrons. The van der Waals surface area contributed by atoms with Gasteiger partial charge in [-0.1, -0.05) is 19.1 Å². The van der Waals surface area contributed by atoms with Gasteiger partial charge in [0.2, 0.25) is 5.91 Å². The number of nitrogens with zero attached hydrogens (tertiary/aromatic N) is 1. The molecule has 126 valence electrons. The van der Waals surface area contributed by atoms with E-state index in [0.29, 0.717) is 24.3 Å².